The standard InChI is InChI=1S/C32H55NO26/c1-7(39)33-13-24(56-30-18(47)16(45)21(53-30)8(40)2-34)14(43)12(6-38)52-29(13)58-26-20(49)23(10(42)4-36)55-32(26)59-27-25(15(44)11(5-37)51-28(27)50)57-31-19(48)17(46)22(54-31)9(41)3-35/h8-32,34-38,40-50H,2-6H2,1H3,(H,33,39)/t8-,9-,10-,11-,12-,13-,14-,15+,16-,17-,18-,19-,20+,21+,22+,23+,24-,25+,26-,27-,28+,29-,30-,31+,32-/m1/s1. The van der Waals surface area contributed by atoms with Crippen molar-refractivity contribution in [2.24, 2.45) is 0 Å². The molecule has 5 aliphatic heterocycles. The first-order chi connectivity index (χ1) is 27.9. The Balaban J connectivity index is 1.45. The lowest BCUT2D eigenvalue weighted by Crippen LogP contribution is -2.67. The molecule has 27 heteroatoms. The third kappa shape index (κ3) is 10.2. The summed E-state index contributed by atoms with van der Waals surface area (Å²) in [6.07, 6.45) is -44.2. The normalized spacial score (nSPS) is 48.2. The van der Waals surface area contributed by atoms with E-state index in [-0.39, 0.29) is 0 Å². The molecule has 0 saturated carbocycles. The van der Waals surface area contributed by atoms with Gasteiger partial charge in [-0.2, -0.15) is 0 Å². The van der Waals surface area contributed by atoms with Gasteiger partial charge in [0.1, 0.15) is 122 Å². The van der Waals surface area contributed by atoms with Crippen molar-refractivity contribution in [3.05, 3.63) is 0 Å². The van der Waals surface area contributed by atoms with E-state index in [4.69, 9.17) is 42.6 Å². The van der Waals surface area contributed by atoms with E-state index >= 15 is 0 Å². The predicted octanol–water partition coefficient (Wildman–Crippen LogP) is -11.8. The van der Waals surface area contributed by atoms with E-state index in [9.17, 15) is 86.5 Å². The van der Waals surface area contributed by atoms with Gasteiger partial charge in [-0.05, 0) is 0 Å². The van der Waals surface area contributed by atoms with Crippen molar-refractivity contribution in [3.8, 4) is 0 Å². The van der Waals surface area contributed by atoms with Gasteiger partial charge in [-0.3, -0.25) is 4.79 Å². The summed E-state index contributed by atoms with van der Waals surface area (Å²) >= 11 is 0. The molecular formula is C32H55NO26. The Morgan fingerprint density at radius 3 is 1.37 bits per heavy atom. The van der Waals surface area contributed by atoms with E-state index in [2.05, 4.69) is 5.32 Å². The zero-order chi connectivity index (χ0) is 43.6. The van der Waals surface area contributed by atoms with Crippen LogP contribution in [0.5, 0.6) is 0 Å². The summed E-state index contributed by atoms with van der Waals surface area (Å²) in [4.78, 5) is 12.5. The average Bonchev–Trinajstić information content (AvgIpc) is 3.79. The minimum atomic E-state index is -2.16. The van der Waals surface area contributed by atoms with E-state index in [0.29, 0.717) is 0 Å². The van der Waals surface area contributed by atoms with E-state index in [1.165, 1.54) is 0 Å². The SMILES string of the molecule is CC(=O)N[C@H]1[C@@H](O[C@H]2[C@@H](O[C@@H]3[C@@H](O[C@@H]4O[C@@H]([C@H](O)CO)[C@H](O)[C@H]4O)[C@@H](O)[C@@H](CO)O[C@@H]3O)O[C@@H]([C@H](O)CO)[C@@H]2O)O[C@H](CO)[C@@H](O)[C@@H]1O[C@H]1O[C@@H]([C@H](O)CO)[C@H](O)[C@H]1O. The lowest BCUT2D eigenvalue weighted by Gasteiger charge is -2.46. The van der Waals surface area contributed by atoms with Gasteiger partial charge >= 0.3 is 0 Å². The molecule has 0 spiro atoms. The maximum absolute atomic E-state index is 12.5. The number of hydrogen-bond donors (Lipinski definition) is 17. The summed E-state index contributed by atoms with van der Waals surface area (Å²) in [7, 11) is 0. The highest BCUT2D eigenvalue weighted by molar-refractivity contribution is 5.73. The van der Waals surface area contributed by atoms with E-state index in [0.717, 1.165) is 6.92 Å². The number of carbonyl (C=O) groups is 1. The molecule has 0 aliphatic carbocycles. The van der Waals surface area contributed by atoms with E-state index < -0.39 is 192 Å². The minimum Gasteiger partial charge on any atom is -0.394 e. The lowest BCUT2D eigenvalue weighted by atomic mass is 9.96. The molecule has 0 aromatic rings. The van der Waals surface area contributed by atoms with Gasteiger partial charge in [-0.15, -0.1) is 0 Å². The first-order valence-electron chi connectivity index (χ1n) is 18.6. The Kier molecular flexibility index (Phi) is 17.1. The van der Waals surface area contributed by atoms with Crippen molar-refractivity contribution >= 4 is 5.91 Å². The summed E-state index contributed by atoms with van der Waals surface area (Å²) < 4.78 is 50.9. The van der Waals surface area contributed by atoms with E-state index in [1.807, 2.05) is 0 Å². The highest BCUT2D eigenvalue weighted by Crippen LogP contribution is 2.38. The molecule has 5 aliphatic rings. The van der Waals surface area contributed by atoms with Gasteiger partial charge in [-0.25, -0.2) is 0 Å². The quantitative estimate of drug-likeness (QED) is 0.0645. The predicted molar refractivity (Wildman–Crippen MR) is 178 cm³/mol. The number of amides is 1. The summed E-state index contributed by atoms with van der Waals surface area (Å²) in [5.41, 5.74) is 0. The molecule has 17 N–H and O–H groups in total. The van der Waals surface area contributed by atoms with Gasteiger partial charge in [0.05, 0.1) is 33.0 Å². The van der Waals surface area contributed by atoms with Crippen LogP contribution in [-0.2, 0) is 47.4 Å². The third-order valence-corrected chi connectivity index (χ3v) is 10.6. The van der Waals surface area contributed by atoms with Crippen LogP contribution in [0, 0.1) is 0 Å². The Morgan fingerprint density at radius 2 is 0.898 bits per heavy atom. The van der Waals surface area contributed by atoms with Crippen LogP contribution < -0.4 is 5.32 Å². The Hall–Kier alpha value is -1.53. The smallest absolute Gasteiger partial charge is 0.217 e. The second-order valence-electron chi connectivity index (χ2n) is 14.7. The Bertz CT molecular complexity index is 1330. The van der Waals surface area contributed by atoms with Crippen molar-refractivity contribution in [2.75, 3.05) is 33.0 Å². The molecule has 5 heterocycles. The summed E-state index contributed by atoms with van der Waals surface area (Å²) in [6, 6.07) is -1.68. The number of hydrogen-bond acceptors (Lipinski definition) is 26. The topological polar surface area (TPSA) is 436 Å². The fourth-order valence-corrected chi connectivity index (χ4v) is 7.46. The largest absolute Gasteiger partial charge is 0.394 e. The summed E-state index contributed by atoms with van der Waals surface area (Å²) in [5, 5.41) is 168. The van der Waals surface area contributed by atoms with Gasteiger partial charge in [0.15, 0.2) is 31.5 Å². The molecule has 0 aromatic heterocycles. The highest BCUT2D eigenvalue weighted by atomic mass is 16.8. The number of aliphatic hydroxyl groups excluding tert-OH is 16. The number of carbonyl (C=O) groups excluding carboxylic acids is 1. The second-order valence-corrected chi connectivity index (χ2v) is 14.7. The van der Waals surface area contributed by atoms with Crippen molar-refractivity contribution in [1.82, 2.24) is 5.32 Å². The van der Waals surface area contributed by atoms with Crippen molar-refractivity contribution in [2.45, 2.75) is 160 Å². The molecule has 59 heavy (non-hydrogen) atoms. The van der Waals surface area contributed by atoms with Crippen molar-refractivity contribution in [1.29, 1.82) is 0 Å². The number of ether oxygens (including phenoxy) is 9. The van der Waals surface area contributed by atoms with Gasteiger partial charge in [0.2, 0.25) is 5.91 Å². The van der Waals surface area contributed by atoms with Gasteiger partial charge in [0.25, 0.3) is 0 Å². The number of nitrogens with one attached hydrogen (secondary N) is 1. The molecule has 1 amide bonds. The fraction of sp³-hybridized carbons (Fsp3) is 0.969. The number of aliphatic hydroxyl groups is 16. The molecule has 0 aromatic carbocycles. The highest BCUT2D eigenvalue weighted by Gasteiger charge is 2.58. The molecule has 0 unspecified atom stereocenters. The van der Waals surface area contributed by atoms with Gasteiger partial charge in [-0.1, -0.05) is 0 Å². The van der Waals surface area contributed by atoms with Crippen molar-refractivity contribution in [3.63, 3.8) is 0 Å². The molecule has 25 atom stereocenters. The van der Waals surface area contributed by atoms with E-state index in [1.54, 1.807) is 0 Å². The van der Waals surface area contributed by atoms with Crippen LogP contribution in [-0.4, -0.2) is 274 Å². The van der Waals surface area contributed by atoms with Crippen LogP contribution in [0.25, 0.3) is 0 Å². The molecular weight excluding hydrogens is 814 g/mol. The first-order valence-corrected chi connectivity index (χ1v) is 18.6. The van der Waals surface area contributed by atoms with Crippen LogP contribution in [0.1, 0.15) is 6.92 Å². The van der Waals surface area contributed by atoms with Gasteiger partial charge < -0.3 is 130 Å². The third-order valence-electron chi connectivity index (χ3n) is 10.6. The molecule has 0 radical (unpaired) electrons. The average molecular weight is 870 g/mol. The Morgan fingerprint density at radius 1 is 0.492 bits per heavy atom. The van der Waals surface area contributed by atoms with Crippen LogP contribution in [0.15, 0.2) is 0 Å². The number of rotatable bonds is 17. The van der Waals surface area contributed by atoms with Crippen LogP contribution in [0.2, 0.25) is 0 Å². The van der Waals surface area contributed by atoms with Crippen LogP contribution in [0.4, 0.5) is 0 Å². The minimum absolute atomic E-state index is 0.813. The summed E-state index contributed by atoms with van der Waals surface area (Å²) in [5.74, 6) is -0.813. The molecule has 344 valence electrons. The zero-order valence-corrected chi connectivity index (χ0v) is 31.2. The maximum Gasteiger partial charge on any atom is 0.217 e. The Labute approximate surface area is 333 Å². The molecule has 27 nitrogen and oxygen atoms in total. The monoisotopic (exact) mass is 869 g/mol. The molecule has 5 rings (SSSR count). The lowest BCUT2D eigenvalue weighted by molar-refractivity contribution is -0.362. The molecule has 5 saturated heterocycles. The molecule has 0 bridgehead atoms. The first kappa shape index (κ1) is 48.5. The zero-order valence-electron chi connectivity index (χ0n) is 31.2. The summed E-state index contributed by atoms with van der Waals surface area (Å²) in [6.45, 7) is -3.67. The van der Waals surface area contributed by atoms with Crippen LogP contribution >= 0.6 is 0 Å². The second kappa shape index (κ2) is 20.8. The molecule has 5 fully saturated rings. The van der Waals surface area contributed by atoms with Crippen LogP contribution in [0.3, 0.4) is 0 Å². The fourth-order valence-electron chi connectivity index (χ4n) is 7.46. The van der Waals surface area contributed by atoms with Crippen molar-refractivity contribution < 1.29 is 129 Å². The van der Waals surface area contributed by atoms with Gasteiger partial charge in [0, 0.05) is 6.92 Å². The maximum atomic E-state index is 12.5.